The molecule has 0 aliphatic carbocycles. The van der Waals surface area contributed by atoms with Gasteiger partial charge in [-0.1, -0.05) is 44.5 Å². The average molecular weight is 271 g/mol. The molecule has 0 aliphatic heterocycles. The van der Waals surface area contributed by atoms with Crippen LogP contribution in [0.1, 0.15) is 33.6 Å². The standard InChI is InChI=1S/C14H19ClOS/c1-14(2,3)9-8-11(16)10-17-13-7-5-4-6-12(13)15/h4-7H,8-10H2,1-3H3. The second-order valence-corrected chi connectivity index (χ2v) is 6.74. The molecular formula is C14H19ClOS. The Hall–Kier alpha value is -0.470. The third-order valence-corrected chi connectivity index (χ3v) is 3.95. The molecule has 0 spiro atoms. The van der Waals surface area contributed by atoms with Crippen molar-refractivity contribution in [2.45, 2.75) is 38.5 Å². The summed E-state index contributed by atoms with van der Waals surface area (Å²) >= 11 is 7.55. The zero-order valence-corrected chi connectivity index (χ0v) is 12.2. The van der Waals surface area contributed by atoms with Crippen molar-refractivity contribution in [3.63, 3.8) is 0 Å². The molecule has 0 saturated carbocycles. The maximum absolute atomic E-state index is 11.7. The Morgan fingerprint density at radius 1 is 1.29 bits per heavy atom. The highest BCUT2D eigenvalue weighted by atomic mass is 35.5. The molecule has 0 aromatic heterocycles. The predicted octanol–water partition coefficient (Wildman–Crippen LogP) is 4.83. The molecule has 0 bridgehead atoms. The third kappa shape index (κ3) is 6.13. The fraction of sp³-hybridized carbons (Fsp3) is 0.500. The molecule has 3 heteroatoms. The lowest BCUT2D eigenvalue weighted by Crippen LogP contribution is -2.10. The molecule has 0 heterocycles. The minimum absolute atomic E-state index is 0.227. The maximum Gasteiger partial charge on any atom is 0.143 e. The highest BCUT2D eigenvalue weighted by molar-refractivity contribution is 8.00. The average Bonchev–Trinajstić information content (AvgIpc) is 2.24. The van der Waals surface area contributed by atoms with Gasteiger partial charge in [0.2, 0.25) is 0 Å². The summed E-state index contributed by atoms with van der Waals surface area (Å²) in [5, 5.41) is 0.723. The maximum atomic E-state index is 11.7. The summed E-state index contributed by atoms with van der Waals surface area (Å²) in [6, 6.07) is 7.63. The van der Waals surface area contributed by atoms with E-state index in [0.29, 0.717) is 18.0 Å². The van der Waals surface area contributed by atoms with Crippen LogP contribution in [0.25, 0.3) is 0 Å². The van der Waals surface area contributed by atoms with Gasteiger partial charge in [-0.15, -0.1) is 11.8 Å². The van der Waals surface area contributed by atoms with Gasteiger partial charge < -0.3 is 0 Å². The summed E-state index contributed by atoms with van der Waals surface area (Å²) in [6.45, 7) is 6.46. The molecule has 17 heavy (non-hydrogen) atoms. The van der Waals surface area contributed by atoms with Crippen molar-refractivity contribution in [3.8, 4) is 0 Å². The van der Waals surface area contributed by atoms with Crippen molar-refractivity contribution >= 4 is 29.1 Å². The van der Waals surface area contributed by atoms with Gasteiger partial charge in [-0.25, -0.2) is 0 Å². The van der Waals surface area contributed by atoms with E-state index in [9.17, 15) is 4.79 Å². The third-order valence-electron chi connectivity index (χ3n) is 2.38. The van der Waals surface area contributed by atoms with Crippen molar-refractivity contribution < 1.29 is 4.79 Å². The quantitative estimate of drug-likeness (QED) is 0.713. The molecule has 1 aromatic carbocycles. The molecule has 0 saturated heterocycles. The molecule has 0 unspecified atom stereocenters. The van der Waals surface area contributed by atoms with Gasteiger partial charge >= 0.3 is 0 Å². The van der Waals surface area contributed by atoms with Gasteiger partial charge in [0.05, 0.1) is 10.8 Å². The van der Waals surface area contributed by atoms with Gasteiger partial charge in [0.1, 0.15) is 5.78 Å². The number of hydrogen-bond acceptors (Lipinski definition) is 2. The first-order chi connectivity index (χ1) is 7.88. The lowest BCUT2D eigenvalue weighted by atomic mass is 9.90. The molecule has 0 aliphatic rings. The lowest BCUT2D eigenvalue weighted by molar-refractivity contribution is -0.117. The zero-order valence-electron chi connectivity index (χ0n) is 10.6. The number of ketones is 1. The Kier molecular flexibility index (Phi) is 5.54. The zero-order chi connectivity index (χ0) is 12.9. The number of halogens is 1. The summed E-state index contributed by atoms with van der Waals surface area (Å²) in [5.41, 5.74) is 0.227. The number of carbonyl (C=O) groups is 1. The van der Waals surface area contributed by atoms with Crippen LogP contribution in [0.2, 0.25) is 5.02 Å². The molecule has 0 radical (unpaired) electrons. The van der Waals surface area contributed by atoms with Crippen LogP contribution in [0.5, 0.6) is 0 Å². The van der Waals surface area contributed by atoms with E-state index in [4.69, 9.17) is 11.6 Å². The highest BCUT2D eigenvalue weighted by Crippen LogP contribution is 2.27. The van der Waals surface area contributed by atoms with Crippen LogP contribution in [0, 0.1) is 5.41 Å². The van der Waals surface area contributed by atoms with Crippen molar-refractivity contribution in [2.75, 3.05) is 5.75 Å². The van der Waals surface area contributed by atoms with Crippen LogP contribution in [0.3, 0.4) is 0 Å². The highest BCUT2D eigenvalue weighted by Gasteiger charge is 2.13. The number of Topliss-reactive ketones (excluding diaryl/α,β-unsaturated/α-hetero) is 1. The molecule has 0 fully saturated rings. The Morgan fingerprint density at radius 2 is 1.94 bits per heavy atom. The minimum atomic E-state index is 0.227. The Labute approximate surface area is 113 Å². The Balaban J connectivity index is 2.36. The number of thioether (sulfide) groups is 1. The van der Waals surface area contributed by atoms with Gasteiger partial charge in [-0.2, -0.15) is 0 Å². The van der Waals surface area contributed by atoms with Gasteiger partial charge in [-0.3, -0.25) is 4.79 Å². The smallest absolute Gasteiger partial charge is 0.143 e. The molecule has 0 amide bonds. The minimum Gasteiger partial charge on any atom is -0.299 e. The summed E-state index contributed by atoms with van der Waals surface area (Å²) < 4.78 is 0. The van der Waals surface area contributed by atoms with E-state index in [-0.39, 0.29) is 5.41 Å². The van der Waals surface area contributed by atoms with Crippen LogP contribution in [-0.2, 0) is 4.79 Å². The first-order valence-electron chi connectivity index (χ1n) is 5.77. The number of rotatable bonds is 5. The Morgan fingerprint density at radius 3 is 2.53 bits per heavy atom. The van der Waals surface area contributed by atoms with Crippen LogP contribution in [0.4, 0.5) is 0 Å². The van der Waals surface area contributed by atoms with Crippen LogP contribution in [-0.4, -0.2) is 11.5 Å². The van der Waals surface area contributed by atoms with Crippen molar-refractivity contribution in [2.24, 2.45) is 5.41 Å². The van der Waals surface area contributed by atoms with E-state index >= 15 is 0 Å². The van der Waals surface area contributed by atoms with E-state index < -0.39 is 0 Å². The van der Waals surface area contributed by atoms with E-state index in [1.807, 2.05) is 24.3 Å². The molecule has 1 aromatic rings. The monoisotopic (exact) mass is 270 g/mol. The molecule has 0 N–H and O–H groups in total. The fourth-order valence-corrected chi connectivity index (χ4v) is 2.45. The number of carbonyl (C=O) groups excluding carboxylic acids is 1. The second kappa shape index (κ2) is 6.46. The van der Waals surface area contributed by atoms with Crippen molar-refractivity contribution in [3.05, 3.63) is 29.3 Å². The van der Waals surface area contributed by atoms with Gasteiger partial charge in [0.15, 0.2) is 0 Å². The van der Waals surface area contributed by atoms with Crippen LogP contribution >= 0.6 is 23.4 Å². The lowest BCUT2D eigenvalue weighted by Gasteiger charge is -2.16. The van der Waals surface area contributed by atoms with Crippen molar-refractivity contribution in [1.82, 2.24) is 0 Å². The summed E-state index contributed by atoms with van der Waals surface area (Å²) in [6.07, 6.45) is 1.59. The van der Waals surface area contributed by atoms with Gasteiger partial charge in [-0.05, 0) is 24.0 Å². The SMILES string of the molecule is CC(C)(C)CCC(=O)CSc1ccccc1Cl. The van der Waals surface area contributed by atoms with E-state index in [0.717, 1.165) is 16.3 Å². The molecule has 0 atom stereocenters. The first-order valence-corrected chi connectivity index (χ1v) is 7.14. The molecular weight excluding hydrogens is 252 g/mol. The fourth-order valence-electron chi connectivity index (χ4n) is 1.31. The largest absolute Gasteiger partial charge is 0.299 e. The van der Waals surface area contributed by atoms with Crippen LogP contribution in [0.15, 0.2) is 29.2 Å². The molecule has 1 rings (SSSR count). The number of hydrogen-bond donors (Lipinski definition) is 0. The van der Waals surface area contributed by atoms with Gasteiger partial charge in [0, 0.05) is 11.3 Å². The van der Waals surface area contributed by atoms with Crippen molar-refractivity contribution in [1.29, 1.82) is 0 Å². The number of benzene rings is 1. The topological polar surface area (TPSA) is 17.1 Å². The van der Waals surface area contributed by atoms with Crippen LogP contribution < -0.4 is 0 Å². The molecule has 94 valence electrons. The summed E-state index contributed by atoms with van der Waals surface area (Å²) in [5.74, 6) is 0.810. The first kappa shape index (κ1) is 14.6. The summed E-state index contributed by atoms with van der Waals surface area (Å²) in [4.78, 5) is 12.7. The normalized spacial score (nSPS) is 11.5. The van der Waals surface area contributed by atoms with Gasteiger partial charge in [0.25, 0.3) is 0 Å². The van der Waals surface area contributed by atoms with E-state index in [1.54, 1.807) is 0 Å². The predicted molar refractivity (Wildman–Crippen MR) is 75.9 cm³/mol. The van der Waals surface area contributed by atoms with E-state index in [2.05, 4.69) is 20.8 Å². The Bertz CT molecular complexity index is 382. The molecule has 1 nitrogen and oxygen atoms in total. The van der Waals surface area contributed by atoms with E-state index in [1.165, 1.54) is 11.8 Å². The summed E-state index contributed by atoms with van der Waals surface area (Å²) in [7, 11) is 0. The second-order valence-electron chi connectivity index (χ2n) is 5.32.